The van der Waals surface area contributed by atoms with E-state index >= 15 is 0 Å². The number of anilines is 3. The van der Waals surface area contributed by atoms with Crippen molar-refractivity contribution in [1.29, 1.82) is 0 Å². The predicted octanol–water partition coefficient (Wildman–Crippen LogP) is 6.62. The molecule has 2 aromatic carbocycles. The topological polar surface area (TPSA) is 101 Å². The van der Waals surface area contributed by atoms with Gasteiger partial charge in [0.2, 0.25) is 11.8 Å². The molecule has 0 saturated carbocycles. The maximum atomic E-state index is 12.5. The van der Waals surface area contributed by atoms with Crippen molar-refractivity contribution in [2.75, 3.05) is 23.0 Å². The summed E-state index contributed by atoms with van der Waals surface area (Å²) in [5, 5.41) is 8.68. The number of pyridine rings is 1. The summed E-state index contributed by atoms with van der Waals surface area (Å²) < 4.78 is 6.14. The number of hydrogen-bond donors (Lipinski definition) is 3. The molecule has 4 aromatic rings. The molecular weight excluding hydrogens is 452 g/mol. The minimum atomic E-state index is -0.317. The summed E-state index contributed by atoms with van der Waals surface area (Å²) in [6, 6.07) is 18.5. The molecule has 2 heterocycles. The predicted molar refractivity (Wildman–Crippen MR) is 144 cm³/mol. The lowest BCUT2D eigenvalue weighted by Gasteiger charge is -2.19. The van der Waals surface area contributed by atoms with Crippen molar-refractivity contribution in [2.24, 2.45) is 0 Å². The molecule has 8 nitrogen and oxygen atoms in total. The number of carbonyl (C=O) groups excluding carboxylic acids is 1. The highest BCUT2D eigenvalue weighted by Crippen LogP contribution is 2.33. The smallest absolute Gasteiger partial charge is 0.323 e. The van der Waals surface area contributed by atoms with Crippen LogP contribution in [0.15, 0.2) is 73.1 Å². The molecule has 8 heteroatoms. The van der Waals surface area contributed by atoms with Crippen LogP contribution in [0.3, 0.4) is 0 Å². The third kappa shape index (κ3) is 5.96. The van der Waals surface area contributed by atoms with Gasteiger partial charge in [0.25, 0.3) is 0 Å². The van der Waals surface area contributed by atoms with Crippen LogP contribution in [0.2, 0.25) is 0 Å². The quantitative estimate of drug-likeness (QED) is 0.285. The number of urea groups is 1. The Balaban J connectivity index is 1.45. The van der Waals surface area contributed by atoms with Crippen molar-refractivity contribution < 1.29 is 9.53 Å². The standard InChI is InChI=1S/C28H30N6O2/c1-18-17-21(33-27(35)32-20-10-8-19(9-11-20)28(2,3)4)12-13-24(18)36-25-22(7-6-15-30-25)23-14-16-31-26(29-5)34-23/h6-17H,1-5H3,(H,29,31,34)(H2,32,33,35). The third-order valence-electron chi connectivity index (χ3n) is 5.57. The fourth-order valence-electron chi connectivity index (χ4n) is 3.59. The van der Waals surface area contributed by atoms with E-state index in [0.717, 1.165) is 16.8 Å². The molecule has 0 fully saturated rings. The van der Waals surface area contributed by atoms with Gasteiger partial charge in [0, 0.05) is 30.8 Å². The lowest BCUT2D eigenvalue weighted by Crippen LogP contribution is -2.19. The Labute approximate surface area is 211 Å². The summed E-state index contributed by atoms with van der Waals surface area (Å²) in [6.07, 6.45) is 3.35. The highest BCUT2D eigenvalue weighted by molar-refractivity contribution is 5.99. The molecule has 2 aromatic heterocycles. The molecule has 3 N–H and O–H groups in total. The zero-order valence-corrected chi connectivity index (χ0v) is 21.1. The molecule has 0 aliphatic heterocycles. The summed E-state index contributed by atoms with van der Waals surface area (Å²) in [6.45, 7) is 8.38. The first-order valence-electron chi connectivity index (χ1n) is 11.7. The highest BCUT2D eigenvalue weighted by atomic mass is 16.5. The average Bonchev–Trinajstić information content (AvgIpc) is 2.86. The molecule has 0 unspecified atom stereocenters. The number of benzene rings is 2. The Morgan fingerprint density at radius 1 is 0.889 bits per heavy atom. The first-order chi connectivity index (χ1) is 17.2. The Morgan fingerprint density at radius 2 is 1.61 bits per heavy atom. The van der Waals surface area contributed by atoms with Gasteiger partial charge < -0.3 is 20.7 Å². The molecular formula is C28H30N6O2. The van der Waals surface area contributed by atoms with Gasteiger partial charge in [-0.2, -0.15) is 0 Å². The van der Waals surface area contributed by atoms with Gasteiger partial charge in [-0.3, -0.25) is 0 Å². The minimum absolute atomic E-state index is 0.0582. The van der Waals surface area contributed by atoms with Crippen LogP contribution < -0.4 is 20.7 Å². The average molecular weight is 483 g/mol. The first kappa shape index (κ1) is 24.7. The lowest BCUT2D eigenvalue weighted by atomic mass is 9.87. The fourth-order valence-corrected chi connectivity index (χ4v) is 3.59. The largest absolute Gasteiger partial charge is 0.438 e. The number of aryl methyl sites for hydroxylation is 1. The van der Waals surface area contributed by atoms with Crippen molar-refractivity contribution in [3.8, 4) is 22.9 Å². The van der Waals surface area contributed by atoms with E-state index in [9.17, 15) is 4.79 Å². The number of rotatable bonds is 6. The Kier molecular flexibility index (Phi) is 7.15. The van der Waals surface area contributed by atoms with Gasteiger partial charge in [0.1, 0.15) is 5.75 Å². The number of nitrogens with zero attached hydrogens (tertiary/aromatic N) is 3. The summed E-state index contributed by atoms with van der Waals surface area (Å²) in [7, 11) is 1.77. The fraction of sp³-hybridized carbons (Fsp3) is 0.214. The minimum Gasteiger partial charge on any atom is -0.438 e. The van der Waals surface area contributed by atoms with Crippen LogP contribution in [-0.2, 0) is 5.41 Å². The van der Waals surface area contributed by atoms with Gasteiger partial charge in [-0.15, -0.1) is 0 Å². The van der Waals surface area contributed by atoms with Crippen LogP contribution in [0, 0.1) is 6.92 Å². The Bertz CT molecular complexity index is 1360. The van der Waals surface area contributed by atoms with E-state index in [-0.39, 0.29) is 11.4 Å². The molecule has 0 saturated heterocycles. The summed E-state index contributed by atoms with van der Waals surface area (Å²) in [5.74, 6) is 1.57. The second-order valence-corrected chi connectivity index (χ2v) is 9.36. The number of nitrogens with one attached hydrogen (secondary N) is 3. The van der Waals surface area contributed by atoms with Crippen molar-refractivity contribution in [3.05, 3.63) is 84.2 Å². The van der Waals surface area contributed by atoms with Crippen LogP contribution in [0.4, 0.5) is 22.1 Å². The number of hydrogen-bond acceptors (Lipinski definition) is 6. The molecule has 0 aliphatic rings. The molecule has 2 amide bonds. The van der Waals surface area contributed by atoms with E-state index in [0.29, 0.717) is 29.0 Å². The molecule has 0 atom stereocenters. The van der Waals surface area contributed by atoms with Gasteiger partial charge >= 0.3 is 6.03 Å². The second kappa shape index (κ2) is 10.4. The van der Waals surface area contributed by atoms with E-state index in [1.807, 2.05) is 49.4 Å². The van der Waals surface area contributed by atoms with Crippen molar-refractivity contribution >= 4 is 23.4 Å². The van der Waals surface area contributed by atoms with E-state index < -0.39 is 0 Å². The molecule has 36 heavy (non-hydrogen) atoms. The normalized spacial score (nSPS) is 11.0. The molecule has 0 bridgehead atoms. The van der Waals surface area contributed by atoms with Crippen molar-refractivity contribution in [3.63, 3.8) is 0 Å². The second-order valence-electron chi connectivity index (χ2n) is 9.36. The van der Waals surface area contributed by atoms with Crippen molar-refractivity contribution in [2.45, 2.75) is 33.1 Å². The van der Waals surface area contributed by atoms with Crippen molar-refractivity contribution in [1.82, 2.24) is 15.0 Å². The molecule has 0 radical (unpaired) electrons. The van der Waals surface area contributed by atoms with Crippen LogP contribution in [0.1, 0.15) is 31.9 Å². The summed E-state index contributed by atoms with van der Waals surface area (Å²) >= 11 is 0. The SMILES string of the molecule is CNc1nccc(-c2cccnc2Oc2ccc(NC(=O)Nc3ccc(C(C)(C)C)cc3)cc2C)n1. The van der Waals surface area contributed by atoms with E-state index in [1.165, 1.54) is 5.56 Å². The zero-order valence-electron chi connectivity index (χ0n) is 21.1. The van der Waals surface area contributed by atoms with Gasteiger partial charge in [-0.05, 0) is 72.0 Å². The van der Waals surface area contributed by atoms with E-state index in [2.05, 4.69) is 51.7 Å². The monoisotopic (exact) mass is 482 g/mol. The Hall–Kier alpha value is -4.46. The van der Waals surface area contributed by atoms with E-state index in [1.54, 1.807) is 37.6 Å². The number of amides is 2. The maximum absolute atomic E-state index is 12.5. The van der Waals surface area contributed by atoms with Crippen LogP contribution >= 0.6 is 0 Å². The Morgan fingerprint density at radius 3 is 2.31 bits per heavy atom. The third-order valence-corrected chi connectivity index (χ3v) is 5.57. The summed E-state index contributed by atoms with van der Waals surface area (Å²) in [4.78, 5) is 25.6. The van der Waals surface area contributed by atoms with Crippen LogP contribution in [0.25, 0.3) is 11.3 Å². The van der Waals surface area contributed by atoms with E-state index in [4.69, 9.17) is 4.74 Å². The summed E-state index contributed by atoms with van der Waals surface area (Å²) in [5.41, 5.74) is 4.93. The molecule has 0 aliphatic carbocycles. The number of ether oxygens (including phenoxy) is 1. The highest BCUT2D eigenvalue weighted by Gasteiger charge is 2.14. The van der Waals surface area contributed by atoms with Gasteiger partial charge in [-0.25, -0.2) is 19.7 Å². The van der Waals surface area contributed by atoms with Crippen LogP contribution in [-0.4, -0.2) is 28.0 Å². The molecule has 184 valence electrons. The number of carbonyl (C=O) groups is 1. The zero-order chi connectivity index (χ0) is 25.7. The van der Waals surface area contributed by atoms with Gasteiger partial charge in [-0.1, -0.05) is 32.9 Å². The van der Waals surface area contributed by atoms with Crippen LogP contribution in [0.5, 0.6) is 11.6 Å². The number of aromatic nitrogens is 3. The first-order valence-corrected chi connectivity index (χ1v) is 11.7. The maximum Gasteiger partial charge on any atom is 0.323 e. The van der Waals surface area contributed by atoms with Gasteiger partial charge in [0.05, 0.1) is 11.3 Å². The van der Waals surface area contributed by atoms with Gasteiger partial charge in [0.15, 0.2) is 0 Å². The molecule has 4 rings (SSSR count). The molecule has 0 spiro atoms. The lowest BCUT2D eigenvalue weighted by molar-refractivity contribution is 0.262.